The van der Waals surface area contributed by atoms with Crippen LogP contribution in [0.2, 0.25) is 0 Å². The number of carbonyl (C=O) groups is 2. The molecule has 0 bridgehead atoms. The SMILES string of the molecule is COc1ccc(-n2ccc3c(=O)n(CC4(O)CCN(C(=O)[C@H]5CCC(=O)N(C)[C@@H]5c5ccccc5)CC4)cnc32)cc1. The molecular formula is C32H35N5O5. The van der Waals surface area contributed by atoms with E-state index < -0.39 is 5.60 Å². The van der Waals surface area contributed by atoms with E-state index in [-0.39, 0.29) is 35.9 Å². The number of amides is 2. The minimum absolute atomic E-state index is 0.00498. The molecule has 0 saturated carbocycles. The Balaban J connectivity index is 1.15. The third kappa shape index (κ3) is 5.07. The molecule has 0 unspecified atom stereocenters. The molecule has 4 aromatic rings. The molecule has 2 atom stereocenters. The number of benzene rings is 2. The van der Waals surface area contributed by atoms with E-state index in [0.29, 0.717) is 49.8 Å². The maximum atomic E-state index is 13.7. The molecule has 10 heteroatoms. The smallest absolute Gasteiger partial charge is 0.262 e. The number of methoxy groups -OCH3 is 1. The van der Waals surface area contributed by atoms with E-state index in [0.717, 1.165) is 17.0 Å². The molecule has 218 valence electrons. The molecule has 4 heterocycles. The maximum absolute atomic E-state index is 13.7. The maximum Gasteiger partial charge on any atom is 0.262 e. The van der Waals surface area contributed by atoms with Gasteiger partial charge in [0, 0.05) is 38.4 Å². The number of hydrogen-bond donors (Lipinski definition) is 1. The summed E-state index contributed by atoms with van der Waals surface area (Å²) in [5.41, 5.74) is 0.974. The van der Waals surface area contributed by atoms with Gasteiger partial charge in [-0.2, -0.15) is 0 Å². The van der Waals surface area contributed by atoms with Crippen molar-refractivity contribution in [2.45, 2.75) is 43.9 Å². The summed E-state index contributed by atoms with van der Waals surface area (Å²) in [4.78, 5) is 47.7. The Morgan fingerprint density at radius 1 is 1.05 bits per heavy atom. The van der Waals surface area contributed by atoms with Gasteiger partial charge in [-0.15, -0.1) is 0 Å². The van der Waals surface area contributed by atoms with Gasteiger partial charge in [0.2, 0.25) is 11.8 Å². The molecule has 42 heavy (non-hydrogen) atoms. The predicted molar refractivity (Wildman–Crippen MR) is 157 cm³/mol. The second kappa shape index (κ2) is 11.1. The van der Waals surface area contributed by atoms with Crippen LogP contribution in [0, 0.1) is 5.92 Å². The molecular weight excluding hydrogens is 534 g/mol. The number of ether oxygens (including phenoxy) is 1. The fourth-order valence-corrected chi connectivity index (χ4v) is 6.37. The average molecular weight is 570 g/mol. The highest BCUT2D eigenvalue weighted by Crippen LogP contribution is 2.38. The van der Waals surface area contributed by atoms with Crippen molar-refractivity contribution in [3.63, 3.8) is 0 Å². The van der Waals surface area contributed by atoms with E-state index in [1.165, 1.54) is 10.9 Å². The molecule has 2 aliphatic heterocycles. The number of nitrogens with zero attached hydrogens (tertiary/aromatic N) is 5. The van der Waals surface area contributed by atoms with Crippen molar-refractivity contribution in [1.82, 2.24) is 23.9 Å². The zero-order valence-corrected chi connectivity index (χ0v) is 23.8. The Morgan fingerprint density at radius 3 is 2.45 bits per heavy atom. The first-order valence-electron chi connectivity index (χ1n) is 14.3. The molecule has 0 radical (unpaired) electrons. The van der Waals surface area contributed by atoms with Gasteiger partial charge in [0.25, 0.3) is 5.56 Å². The summed E-state index contributed by atoms with van der Waals surface area (Å²) in [7, 11) is 3.38. The second-order valence-electron chi connectivity index (χ2n) is 11.4. The van der Waals surface area contributed by atoms with Crippen LogP contribution in [0.1, 0.15) is 37.3 Å². The average Bonchev–Trinajstić information content (AvgIpc) is 3.45. The van der Waals surface area contributed by atoms with Gasteiger partial charge in [-0.05, 0) is 55.2 Å². The van der Waals surface area contributed by atoms with Gasteiger partial charge >= 0.3 is 0 Å². The number of likely N-dealkylation sites (tertiary alicyclic amines) is 2. The van der Waals surface area contributed by atoms with Crippen molar-refractivity contribution < 1.29 is 19.4 Å². The summed E-state index contributed by atoms with van der Waals surface area (Å²) in [5, 5.41) is 11.9. The summed E-state index contributed by atoms with van der Waals surface area (Å²) in [5.74, 6) is 0.440. The highest BCUT2D eigenvalue weighted by molar-refractivity contribution is 5.85. The fraction of sp³-hybridized carbons (Fsp3) is 0.375. The van der Waals surface area contributed by atoms with Crippen molar-refractivity contribution in [3.8, 4) is 11.4 Å². The van der Waals surface area contributed by atoms with E-state index in [1.54, 1.807) is 30.0 Å². The molecule has 2 fully saturated rings. The van der Waals surface area contributed by atoms with Gasteiger partial charge in [0.15, 0.2) is 5.65 Å². The van der Waals surface area contributed by atoms with E-state index in [9.17, 15) is 19.5 Å². The van der Waals surface area contributed by atoms with E-state index in [1.807, 2.05) is 65.4 Å². The van der Waals surface area contributed by atoms with E-state index >= 15 is 0 Å². The minimum Gasteiger partial charge on any atom is -0.497 e. The van der Waals surface area contributed by atoms with Crippen LogP contribution >= 0.6 is 0 Å². The van der Waals surface area contributed by atoms with Gasteiger partial charge in [-0.1, -0.05) is 30.3 Å². The number of carbonyl (C=O) groups excluding carboxylic acids is 2. The molecule has 2 aromatic heterocycles. The Kier molecular flexibility index (Phi) is 7.32. The molecule has 1 N–H and O–H groups in total. The summed E-state index contributed by atoms with van der Waals surface area (Å²) >= 11 is 0. The number of fused-ring (bicyclic) bond motifs is 1. The van der Waals surface area contributed by atoms with Gasteiger partial charge in [-0.3, -0.25) is 19.0 Å². The highest BCUT2D eigenvalue weighted by Gasteiger charge is 2.43. The van der Waals surface area contributed by atoms with Crippen LogP contribution in [-0.2, 0) is 16.1 Å². The first-order chi connectivity index (χ1) is 20.3. The topological polar surface area (TPSA) is 110 Å². The number of aromatic nitrogens is 3. The third-order valence-electron chi connectivity index (χ3n) is 8.81. The number of piperidine rings is 2. The van der Waals surface area contributed by atoms with Crippen LogP contribution < -0.4 is 10.3 Å². The second-order valence-corrected chi connectivity index (χ2v) is 11.4. The summed E-state index contributed by atoms with van der Waals surface area (Å²) in [6.07, 6.45) is 4.82. The van der Waals surface area contributed by atoms with Crippen LogP contribution in [0.15, 0.2) is 78.0 Å². The Morgan fingerprint density at radius 2 is 1.76 bits per heavy atom. The quantitative estimate of drug-likeness (QED) is 0.382. The van der Waals surface area contributed by atoms with Gasteiger partial charge in [0.05, 0.1) is 36.6 Å². The molecule has 2 saturated heterocycles. The van der Waals surface area contributed by atoms with E-state index in [4.69, 9.17) is 4.74 Å². The number of hydrogen-bond acceptors (Lipinski definition) is 6. The molecule has 2 aliphatic rings. The summed E-state index contributed by atoms with van der Waals surface area (Å²) < 4.78 is 8.54. The molecule has 0 aliphatic carbocycles. The first-order valence-corrected chi connectivity index (χ1v) is 14.3. The van der Waals surface area contributed by atoms with E-state index in [2.05, 4.69) is 4.98 Å². The molecule has 10 nitrogen and oxygen atoms in total. The standard InChI is InChI=1S/C32H35N5O5/c1-34-27(38)13-12-25(28(34)22-6-4-3-5-7-22)30(39)35-18-15-32(41,16-19-35)20-36-21-33-29-26(31(36)40)14-17-37(29)23-8-10-24(42-2)11-9-23/h3-11,14,17,21,25,28,41H,12-13,15-16,18-20H2,1-2H3/t25-,28+/m0/s1. The fourth-order valence-electron chi connectivity index (χ4n) is 6.37. The van der Waals surface area contributed by atoms with Crippen LogP contribution in [0.5, 0.6) is 5.75 Å². The summed E-state index contributed by atoms with van der Waals surface area (Å²) in [6.45, 7) is 0.852. The summed E-state index contributed by atoms with van der Waals surface area (Å²) in [6, 6.07) is 18.6. The zero-order chi connectivity index (χ0) is 29.4. The van der Waals surface area contributed by atoms with Crippen LogP contribution in [-0.4, -0.2) is 73.7 Å². The molecule has 2 aromatic carbocycles. The third-order valence-corrected chi connectivity index (χ3v) is 8.81. The minimum atomic E-state index is -1.15. The van der Waals surface area contributed by atoms with Crippen molar-refractivity contribution >= 4 is 22.8 Å². The Bertz CT molecular complexity index is 1650. The zero-order valence-electron chi connectivity index (χ0n) is 23.8. The lowest BCUT2D eigenvalue weighted by molar-refractivity contribution is -0.149. The van der Waals surface area contributed by atoms with Crippen molar-refractivity contribution in [1.29, 1.82) is 0 Å². The highest BCUT2D eigenvalue weighted by atomic mass is 16.5. The van der Waals surface area contributed by atoms with Crippen molar-refractivity contribution in [3.05, 3.63) is 89.1 Å². The number of rotatable bonds is 6. The predicted octanol–water partition coefficient (Wildman–Crippen LogP) is 3.16. The lowest BCUT2D eigenvalue weighted by atomic mass is 9.82. The molecule has 2 amide bonds. The van der Waals surface area contributed by atoms with Gasteiger partial charge in [-0.25, -0.2) is 4.98 Å². The Labute approximate surface area is 243 Å². The normalized spacial score (nSPS) is 20.6. The number of aliphatic hydroxyl groups is 1. The van der Waals surface area contributed by atoms with Crippen LogP contribution in [0.25, 0.3) is 16.7 Å². The lowest BCUT2D eigenvalue weighted by Crippen LogP contribution is -2.53. The van der Waals surface area contributed by atoms with Crippen molar-refractivity contribution in [2.24, 2.45) is 5.92 Å². The van der Waals surface area contributed by atoms with Gasteiger partial charge < -0.3 is 24.2 Å². The molecule has 0 spiro atoms. The lowest BCUT2D eigenvalue weighted by Gasteiger charge is -2.43. The largest absolute Gasteiger partial charge is 0.497 e. The van der Waals surface area contributed by atoms with Gasteiger partial charge in [0.1, 0.15) is 12.1 Å². The van der Waals surface area contributed by atoms with Crippen molar-refractivity contribution in [2.75, 3.05) is 27.2 Å². The van der Waals surface area contributed by atoms with Crippen LogP contribution in [0.3, 0.4) is 0 Å². The molecule has 6 rings (SSSR count). The first kappa shape index (κ1) is 27.7. The van der Waals surface area contributed by atoms with Crippen LogP contribution in [0.4, 0.5) is 0 Å². The Hall–Kier alpha value is -4.44. The monoisotopic (exact) mass is 569 g/mol.